The van der Waals surface area contributed by atoms with Gasteiger partial charge >= 0.3 is 11.9 Å². The summed E-state index contributed by atoms with van der Waals surface area (Å²) in [5.41, 5.74) is 17.1. The maximum atomic E-state index is 11.7. The predicted molar refractivity (Wildman–Crippen MR) is 254 cm³/mol. The molecule has 0 bridgehead atoms. The summed E-state index contributed by atoms with van der Waals surface area (Å²) in [6.45, 7) is 1.86. The summed E-state index contributed by atoms with van der Waals surface area (Å²) in [4.78, 5) is 22.9. The molecule has 6 aromatic carbocycles. The average Bonchev–Trinajstić information content (AvgIpc) is 3.94. The molecule has 0 aromatic heterocycles. The summed E-state index contributed by atoms with van der Waals surface area (Å²) in [6, 6.07) is 38.3. The minimum Gasteiger partial charge on any atom is -0.497 e. The Morgan fingerprint density at radius 1 is 0.609 bits per heavy atom. The Morgan fingerprint density at radius 2 is 1.25 bits per heavy atom. The molecule has 0 atom stereocenters. The summed E-state index contributed by atoms with van der Waals surface area (Å²) in [5.74, 6) is 2.17. The first kappa shape index (κ1) is 45.0. The summed E-state index contributed by atoms with van der Waals surface area (Å²) in [5, 5.41) is 9.27. The Labute approximate surface area is 376 Å². The number of carbonyl (C=O) groups excluding carboxylic acids is 1. The molecule has 64 heavy (non-hydrogen) atoms. The maximum absolute atomic E-state index is 11.7. The van der Waals surface area contributed by atoms with E-state index < -0.39 is 5.97 Å². The van der Waals surface area contributed by atoms with E-state index in [9.17, 15) is 14.7 Å². The number of fused-ring (bicyclic) bond motifs is 2. The SMILES string of the molecule is COC(=O)c1ccc(CCc2cccc3c2C(Cc2cc(OC)ccc2OC)=CC3)cc1.COc1ccc(OC)c(C=C2CCc3cccc(CCc4ccc(C(=O)O)c(C)c4)c32)c1. The molecule has 8 nitrogen and oxygen atoms in total. The zero-order valence-electron chi connectivity index (χ0n) is 37.6. The first-order valence-corrected chi connectivity index (χ1v) is 21.7. The molecule has 0 unspecified atom stereocenters. The number of allylic oxidation sites excluding steroid dienone is 3. The van der Waals surface area contributed by atoms with Gasteiger partial charge in [0.05, 0.1) is 46.7 Å². The second-order valence-electron chi connectivity index (χ2n) is 16.1. The van der Waals surface area contributed by atoms with Gasteiger partial charge in [-0.05, 0) is 174 Å². The lowest BCUT2D eigenvalue weighted by Gasteiger charge is -2.15. The first-order valence-electron chi connectivity index (χ1n) is 21.7. The van der Waals surface area contributed by atoms with Crippen LogP contribution in [0.4, 0.5) is 0 Å². The minimum atomic E-state index is -0.877. The van der Waals surface area contributed by atoms with Crippen LogP contribution in [0.3, 0.4) is 0 Å². The van der Waals surface area contributed by atoms with Crippen molar-refractivity contribution < 1.29 is 38.4 Å². The Kier molecular flexibility index (Phi) is 14.7. The Morgan fingerprint density at radius 3 is 1.91 bits per heavy atom. The second-order valence-corrected chi connectivity index (χ2v) is 16.1. The van der Waals surface area contributed by atoms with Gasteiger partial charge < -0.3 is 28.8 Å². The van der Waals surface area contributed by atoms with Crippen LogP contribution in [0.5, 0.6) is 23.0 Å². The van der Waals surface area contributed by atoms with Gasteiger partial charge in [0.1, 0.15) is 23.0 Å². The molecule has 8 rings (SSSR count). The monoisotopic (exact) mass is 856 g/mol. The zero-order valence-corrected chi connectivity index (χ0v) is 37.6. The zero-order chi connectivity index (χ0) is 45.2. The van der Waals surface area contributed by atoms with Crippen LogP contribution in [0.2, 0.25) is 0 Å². The molecule has 0 fully saturated rings. The van der Waals surface area contributed by atoms with Gasteiger partial charge in [-0.3, -0.25) is 0 Å². The largest absolute Gasteiger partial charge is 0.497 e. The average molecular weight is 857 g/mol. The first-order chi connectivity index (χ1) is 31.1. The number of hydrogen-bond donors (Lipinski definition) is 1. The number of rotatable bonds is 15. The molecule has 0 spiro atoms. The summed E-state index contributed by atoms with van der Waals surface area (Å²) >= 11 is 0. The Hall–Kier alpha value is -7.06. The third kappa shape index (κ3) is 10.4. The van der Waals surface area contributed by atoms with E-state index in [1.807, 2.05) is 73.7 Å². The number of carboxylic acid groups (broad SMARTS) is 1. The summed E-state index contributed by atoms with van der Waals surface area (Å²) < 4.78 is 26.8. The number of ether oxygens (including phenoxy) is 5. The Bertz CT molecular complexity index is 2710. The highest BCUT2D eigenvalue weighted by Gasteiger charge is 2.22. The van der Waals surface area contributed by atoms with E-state index in [0.717, 1.165) is 96.6 Å². The lowest BCUT2D eigenvalue weighted by atomic mass is 9.91. The predicted octanol–water partition coefficient (Wildman–Crippen LogP) is 11.4. The minimum absolute atomic E-state index is 0.305. The van der Waals surface area contributed by atoms with E-state index in [-0.39, 0.29) is 5.97 Å². The van der Waals surface area contributed by atoms with Gasteiger partial charge in [0, 0.05) is 17.5 Å². The lowest BCUT2D eigenvalue weighted by Crippen LogP contribution is -2.02. The summed E-state index contributed by atoms with van der Waals surface area (Å²) in [6.07, 6.45) is 12.0. The third-order valence-electron chi connectivity index (χ3n) is 12.2. The molecular formula is C56H56O8. The highest BCUT2D eigenvalue weighted by molar-refractivity contribution is 5.90. The van der Waals surface area contributed by atoms with Crippen molar-refractivity contribution in [3.05, 3.63) is 194 Å². The highest BCUT2D eigenvalue weighted by atomic mass is 16.5. The van der Waals surface area contributed by atoms with Crippen molar-refractivity contribution in [3.8, 4) is 23.0 Å². The molecule has 328 valence electrons. The molecule has 1 N–H and O–H groups in total. The number of esters is 1. The van der Waals surface area contributed by atoms with Crippen molar-refractivity contribution in [2.45, 2.75) is 58.3 Å². The van der Waals surface area contributed by atoms with Gasteiger partial charge in [0.2, 0.25) is 0 Å². The van der Waals surface area contributed by atoms with Gasteiger partial charge in [-0.15, -0.1) is 0 Å². The fraction of sp³-hybridized carbons (Fsp3) is 0.250. The van der Waals surface area contributed by atoms with Gasteiger partial charge in [0.15, 0.2) is 0 Å². The number of carbonyl (C=O) groups is 2. The smallest absolute Gasteiger partial charge is 0.337 e. The van der Waals surface area contributed by atoms with Crippen LogP contribution < -0.4 is 18.9 Å². The van der Waals surface area contributed by atoms with Crippen molar-refractivity contribution in [1.82, 2.24) is 0 Å². The molecule has 0 amide bonds. The summed E-state index contributed by atoms with van der Waals surface area (Å²) in [7, 11) is 8.16. The standard InChI is InChI=1S/2C28H28O4/c1-30-25-15-16-26(31-2)24(18-25)17-23-14-13-21-6-4-5-20(27(21)23)10-7-19-8-11-22(12-9-19)28(29)32-3;1-18-15-19(8-13-25(18)28(29)30)7-9-20-5-4-6-21-10-11-22(27(20)21)16-23-17-24(31-2)12-14-26(23)32-3/h4-6,8-9,11-12,14-16,18H,7,10,13,17H2,1-3H3;4-6,8,12-17H,7,9-11H2,1-3H3,(H,29,30). The molecule has 8 heteroatoms. The molecule has 0 radical (unpaired) electrons. The van der Waals surface area contributed by atoms with E-state index in [1.165, 1.54) is 57.2 Å². The number of hydrogen-bond acceptors (Lipinski definition) is 7. The van der Waals surface area contributed by atoms with Gasteiger partial charge in [0.25, 0.3) is 0 Å². The van der Waals surface area contributed by atoms with Crippen molar-refractivity contribution >= 4 is 29.2 Å². The number of carboxylic acids is 1. The number of methoxy groups -OCH3 is 5. The van der Waals surface area contributed by atoms with Crippen LogP contribution in [-0.2, 0) is 49.7 Å². The molecule has 2 aliphatic carbocycles. The second kappa shape index (κ2) is 20.9. The van der Waals surface area contributed by atoms with Crippen LogP contribution in [-0.4, -0.2) is 52.6 Å². The van der Waals surface area contributed by atoms with Crippen LogP contribution in [0.1, 0.15) is 88.3 Å². The topological polar surface area (TPSA) is 101 Å². The molecule has 0 saturated heterocycles. The van der Waals surface area contributed by atoms with Gasteiger partial charge in [-0.25, -0.2) is 9.59 Å². The van der Waals surface area contributed by atoms with Crippen LogP contribution in [0, 0.1) is 6.92 Å². The Balaban J connectivity index is 0.000000191. The van der Waals surface area contributed by atoms with Gasteiger partial charge in [-0.1, -0.05) is 66.7 Å². The molecule has 2 aliphatic rings. The van der Waals surface area contributed by atoms with Crippen molar-refractivity contribution in [2.75, 3.05) is 35.5 Å². The molecular weight excluding hydrogens is 801 g/mol. The molecule has 6 aromatic rings. The molecule has 0 heterocycles. The number of aryl methyl sites for hydroxylation is 6. The maximum Gasteiger partial charge on any atom is 0.337 e. The van der Waals surface area contributed by atoms with Crippen LogP contribution >= 0.6 is 0 Å². The number of aromatic carboxylic acids is 1. The van der Waals surface area contributed by atoms with Crippen molar-refractivity contribution in [1.29, 1.82) is 0 Å². The van der Waals surface area contributed by atoms with E-state index >= 15 is 0 Å². The van der Waals surface area contributed by atoms with E-state index in [1.54, 1.807) is 34.5 Å². The van der Waals surface area contributed by atoms with Crippen molar-refractivity contribution in [2.24, 2.45) is 0 Å². The quantitative estimate of drug-likeness (QED) is 0.102. The number of benzene rings is 6. The molecule has 0 saturated carbocycles. The third-order valence-corrected chi connectivity index (χ3v) is 12.2. The van der Waals surface area contributed by atoms with Crippen LogP contribution in [0.25, 0.3) is 17.2 Å². The van der Waals surface area contributed by atoms with Crippen LogP contribution in [0.15, 0.2) is 121 Å². The van der Waals surface area contributed by atoms with Gasteiger partial charge in [-0.2, -0.15) is 0 Å². The fourth-order valence-corrected chi connectivity index (χ4v) is 8.93. The van der Waals surface area contributed by atoms with Crippen molar-refractivity contribution in [3.63, 3.8) is 0 Å². The van der Waals surface area contributed by atoms with E-state index in [4.69, 9.17) is 23.7 Å². The fourth-order valence-electron chi connectivity index (χ4n) is 8.93. The van der Waals surface area contributed by atoms with E-state index in [2.05, 4.69) is 54.6 Å². The normalized spacial score (nSPS) is 13.0. The van der Waals surface area contributed by atoms with E-state index in [0.29, 0.717) is 11.1 Å². The lowest BCUT2D eigenvalue weighted by molar-refractivity contribution is 0.0599. The molecule has 0 aliphatic heterocycles. The highest BCUT2D eigenvalue weighted by Crippen LogP contribution is 2.39.